The van der Waals surface area contributed by atoms with Crippen molar-refractivity contribution in [3.63, 3.8) is 0 Å². The van der Waals surface area contributed by atoms with Crippen LogP contribution in [0.4, 0.5) is 0 Å². The Kier molecular flexibility index (Phi) is 3.36. The fraction of sp³-hybridized carbons (Fsp3) is 0.688. The zero-order valence-electron chi connectivity index (χ0n) is 12.4. The Labute approximate surface area is 121 Å². The number of fused-ring (bicyclic) bond motifs is 1. The molecule has 0 aromatic rings. The number of hydrogen-bond donors (Lipinski definition) is 2. The van der Waals surface area contributed by atoms with Crippen molar-refractivity contribution in [2.75, 3.05) is 13.1 Å². The zero-order chi connectivity index (χ0) is 14.3. The molecule has 20 heavy (non-hydrogen) atoms. The molecule has 2 aliphatic carbocycles. The molecule has 0 aromatic carbocycles. The Balaban J connectivity index is 1.67. The molecule has 0 amide bonds. The summed E-state index contributed by atoms with van der Waals surface area (Å²) < 4.78 is 0. The lowest BCUT2D eigenvalue weighted by molar-refractivity contribution is 0.117. The molecule has 1 heterocycles. The van der Waals surface area contributed by atoms with E-state index in [1.165, 1.54) is 31.9 Å². The fourth-order valence-electron chi connectivity index (χ4n) is 4.33. The van der Waals surface area contributed by atoms with Crippen LogP contribution in [0.5, 0.6) is 0 Å². The van der Waals surface area contributed by atoms with Crippen LogP contribution < -0.4 is 11.5 Å². The summed E-state index contributed by atoms with van der Waals surface area (Å²) in [6.45, 7) is 8.12. The lowest BCUT2D eigenvalue weighted by atomic mass is 9.72. The second kappa shape index (κ2) is 4.92. The number of nitrogens with zero attached hydrogens (tertiary/aromatic N) is 2. The van der Waals surface area contributed by atoms with E-state index < -0.39 is 0 Å². The predicted molar refractivity (Wildman–Crippen MR) is 83.0 cm³/mol. The van der Waals surface area contributed by atoms with Gasteiger partial charge in [0.05, 0.1) is 0 Å². The van der Waals surface area contributed by atoms with E-state index in [-0.39, 0.29) is 0 Å². The Morgan fingerprint density at radius 2 is 2.10 bits per heavy atom. The number of rotatable bonds is 2. The van der Waals surface area contributed by atoms with Crippen molar-refractivity contribution in [2.45, 2.75) is 38.6 Å². The summed E-state index contributed by atoms with van der Waals surface area (Å²) in [6, 6.07) is 0.434. The van der Waals surface area contributed by atoms with Gasteiger partial charge in [-0.1, -0.05) is 6.58 Å². The Bertz CT molecular complexity index is 457. The second-order valence-corrected chi connectivity index (χ2v) is 6.81. The first-order chi connectivity index (χ1) is 9.57. The highest BCUT2D eigenvalue weighted by Crippen LogP contribution is 2.62. The van der Waals surface area contributed by atoms with Crippen LogP contribution >= 0.6 is 0 Å². The van der Waals surface area contributed by atoms with E-state index in [0.29, 0.717) is 11.5 Å². The summed E-state index contributed by atoms with van der Waals surface area (Å²) in [5, 5.41) is 0. The molecule has 0 aromatic heterocycles. The van der Waals surface area contributed by atoms with Crippen LogP contribution in [0.1, 0.15) is 32.6 Å². The molecule has 3 fully saturated rings. The summed E-state index contributed by atoms with van der Waals surface area (Å²) in [4.78, 5) is 6.77. The van der Waals surface area contributed by atoms with E-state index in [1.807, 2.05) is 6.92 Å². The molecule has 0 radical (unpaired) electrons. The summed E-state index contributed by atoms with van der Waals surface area (Å²) in [7, 11) is 0. The number of amidine groups is 1. The monoisotopic (exact) mass is 274 g/mol. The molecular formula is C16H26N4. The maximum absolute atomic E-state index is 6.50. The van der Waals surface area contributed by atoms with Gasteiger partial charge in [-0.15, -0.1) is 0 Å². The van der Waals surface area contributed by atoms with Gasteiger partial charge in [-0.3, -0.25) is 0 Å². The van der Waals surface area contributed by atoms with Gasteiger partial charge in [0.2, 0.25) is 0 Å². The highest BCUT2D eigenvalue weighted by molar-refractivity contribution is 5.97. The third kappa shape index (κ3) is 2.16. The van der Waals surface area contributed by atoms with Crippen LogP contribution in [0, 0.1) is 17.3 Å². The van der Waals surface area contributed by atoms with Crippen molar-refractivity contribution in [3.05, 3.63) is 24.6 Å². The topological polar surface area (TPSA) is 67.6 Å². The lowest BCUT2D eigenvalue weighted by Crippen LogP contribution is -2.50. The number of piperidine rings is 1. The fourth-order valence-corrected chi connectivity index (χ4v) is 4.33. The smallest absolute Gasteiger partial charge is 0.130 e. The highest BCUT2D eigenvalue weighted by Gasteiger charge is 2.59. The molecule has 3 atom stereocenters. The maximum atomic E-state index is 6.50. The zero-order valence-corrected chi connectivity index (χ0v) is 12.4. The number of nitrogens with two attached hydrogens (primary N) is 2. The molecule has 1 saturated heterocycles. The first kappa shape index (κ1) is 13.7. The SMILES string of the molecule is C=C(C)C(=N/C=C\N)N1CCC2(CC1)CC1CC1C2N. The van der Waals surface area contributed by atoms with E-state index in [9.17, 15) is 0 Å². The average Bonchev–Trinajstić information content (AvgIpc) is 3.13. The largest absolute Gasteiger partial charge is 0.403 e. The predicted octanol–water partition coefficient (Wildman–Crippen LogP) is 1.84. The quantitative estimate of drug-likeness (QED) is 0.596. The van der Waals surface area contributed by atoms with E-state index in [0.717, 1.165) is 36.3 Å². The van der Waals surface area contributed by atoms with Crippen molar-refractivity contribution in [1.82, 2.24) is 4.90 Å². The van der Waals surface area contributed by atoms with Gasteiger partial charge in [-0.05, 0) is 55.4 Å². The summed E-state index contributed by atoms with van der Waals surface area (Å²) >= 11 is 0. The van der Waals surface area contributed by atoms with Crippen LogP contribution in [0.2, 0.25) is 0 Å². The van der Waals surface area contributed by atoms with Gasteiger partial charge in [-0.2, -0.15) is 0 Å². The second-order valence-electron chi connectivity index (χ2n) is 6.81. The van der Waals surface area contributed by atoms with Crippen LogP contribution in [0.15, 0.2) is 29.5 Å². The summed E-state index contributed by atoms with van der Waals surface area (Å²) in [5.41, 5.74) is 13.3. The van der Waals surface area contributed by atoms with Crippen molar-refractivity contribution in [3.8, 4) is 0 Å². The molecule has 3 aliphatic rings. The molecule has 1 aliphatic heterocycles. The molecule has 3 unspecified atom stereocenters. The van der Waals surface area contributed by atoms with Crippen molar-refractivity contribution >= 4 is 5.84 Å². The van der Waals surface area contributed by atoms with Gasteiger partial charge >= 0.3 is 0 Å². The minimum atomic E-state index is 0.411. The minimum absolute atomic E-state index is 0.411. The number of aliphatic imine (C=N–C) groups is 1. The van der Waals surface area contributed by atoms with Crippen LogP contribution in [0.3, 0.4) is 0 Å². The highest BCUT2D eigenvalue weighted by atomic mass is 15.2. The molecule has 110 valence electrons. The van der Waals surface area contributed by atoms with E-state index in [2.05, 4.69) is 16.5 Å². The van der Waals surface area contributed by atoms with Gasteiger partial charge in [0.1, 0.15) is 5.84 Å². The molecule has 3 rings (SSSR count). The first-order valence-electron chi connectivity index (χ1n) is 7.68. The lowest BCUT2D eigenvalue weighted by Gasteiger charge is -2.44. The van der Waals surface area contributed by atoms with E-state index >= 15 is 0 Å². The van der Waals surface area contributed by atoms with Crippen molar-refractivity contribution < 1.29 is 0 Å². The number of likely N-dealkylation sites (tertiary alicyclic amines) is 1. The first-order valence-corrected chi connectivity index (χ1v) is 7.68. The van der Waals surface area contributed by atoms with Gasteiger partial charge in [0.15, 0.2) is 0 Å². The number of hydrogen-bond acceptors (Lipinski definition) is 3. The van der Waals surface area contributed by atoms with Crippen molar-refractivity contribution in [2.24, 2.45) is 33.7 Å². The molecule has 4 N–H and O–H groups in total. The summed E-state index contributed by atoms with van der Waals surface area (Å²) in [6.07, 6.45) is 8.24. The van der Waals surface area contributed by atoms with Gasteiger partial charge in [0.25, 0.3) is 0 Å². The summed E-state index contributed by atoms with van der Waals surface area (Å²) in [5.74, 6) is 2.74. The Morgan fingerprint density at radius 1 is 1.40 bits per heavy atom. The minimum Gasteiger partial charge on any atom is -0.403 e. The van der Waals surface area contributed by atoms with E-state index in [1.54, 1.807) is 6.20 Å². The average molecular weight is 274 g/mol. The third-order valence-corrected chi connectivity index (χ3v) is 5.54. The van der Waals surface area contributed by atoms with Gasteiger partial charge < -0.3 is 16.4 Å². The third-order valence-electron chi connectivity index (χ3n) is 5.54. The van der Waals surface area contributed by atoms with Crippen LogP contribution in [-0.4, -0.2) is 29.9 Å². The van der Waals surface area contributed by atoms with Crippen molar-refractivity contribution in [1.29, 1.82) is 0 Å². The van der Waals surface area contributed by atoms with E-state index in [4.69, 9.17) is 11.5 Å². The molecular weight excluding hydrogens is 248 g/mol. The molecule has 4 nitrogen and oxygen atoms in total. The van der Waals surface area contributed by atoms with Gasteiger partial charge in [0, 0.05) is 31.5 Å². The molecule has 2 saturated carbocycles. The molecule has 0 bridgehead atoms. The Hall–Kier alpha value is -1.29. The molecule has 4 heteroatoms. The standard InChI is InChI=1S/C16H26N4/c1-11(2)15(19-6-5-17)20-7-3-16(4-8-20)10-12-9-13(12)14(16)18/h5-6,12-14H,1,3-4,7-10,17-18H2,2H3/b6-5-,19-15?. The van der Waals surface area contributed by atoms with Gasteiger partial charge in [-0.25, -0.2) is 4.99 Å². The van der Waals surface area contributed by atoms with Crippen LogP contribution in [0.25, 0.3) is 0 Å². The normalized spacial score (nSPS) is 35.6. The van der Waals surface area contributed by atoms with Crippen LogP contribution in [-0.2, 0) is 0 Å². The Morgan fingerprint density at radius 3 is 2.60 bits per heavy atom. The molecule has 1 spiro atoms. The maximum Gasteiger partial charge on any atom is 0.130 e.